The monoisotopic (exact) mass is 472 g/mol. The van der Waals surface area contributed by atoms with E-state index in [0.29, 0.717) is 17.9 Å². The lowest BCUT2D eigenvalue weighted by atomic mass is 10.0. The second-order valence-corrected chi connectivity index (χ2v) is 7.62. The van der Waals surface area contributed by atoms with Crippen LogP contribution in [0.3, 0.4) is 0 Å². The van der Waals surface area contributed by atoms with Crippen LogP contribution in [0.25, 0.3) is 0 Å². The summed E-state index contributed by atoms with van der Waals surface area (Å²) in [5.41, 5.74) is 10.1. The molecule has 1 aliphatic heterocycles. The lowest BCUT2D eigenvalue weighted by Crippen LogP contribution is -2.45. The Kier molecular flexibility index (Phi) is 8.63. The molecule has 0 aromatic heterocycles. The highest BCUT2D eigenvalue weighted by Crippen LogP contribution is 2.24. The lowest BCUT2D eigenvalue weighted by Gasteiger charge is -2.34. The zero-order chi connectivity index (χ0) is 17.6. The van der Waals surface area contributed by atoms with E-state index < -0.39 is 0 Å². The Morgan fingerprint density at radius 3 is 2.69 bits per heavy atom. The van der Waals surface area contributed by atoms with Gasteiger partial charge in [-0.3, -0.25) is 9.89 Å². The summed E-state index contributed by atoms with van der Waals surface area (Å²) in [5.74, 6) is 1.16. The van der Waals surface area contributed by atoms with Crippen molar-refractivity contribution in [2.75, 3.05) is 38.2 Å². The summed E-state index contributed by atoms with van der Waals surface area (Å²) < 4.78 is 5.48. The lowest BCUT2D eigenvalue weighted by molar-refractivity contribution is 0.0143. The normalized spacial score (nSPS) is 19.1. The van der Waals surface area contributed by atoms with E-state index in [9.17, 15) is 0 Å². The Morgan fingerprint density at radius 2 is 1.96 bits per heavy atom. The molecule has 0 spiro atoms. The summed E-state index contributed by atoms with van der Waals surface area (Å²) in [4.78, 5) is 7.14. The molecule has 1 atom stereocenters. The number of nitrogens with zero attached hydrogens (tertiary/aromatic N) is 2. The smallest absolute Gasteiger partial charge is 0.193 e. The van der Waals surface area contributed by atoms with Crippen LogP contribution in [0.15, 0.2) is 23.2 Å². The summed E-state index contributed by atoms with van der Waals surface area (Å²) >= 11 is 0. The molecule has 1 aromatic carbocycles. The molecule has 1 aliphatic carbocycles. The fraction of sp³-hybridized carbons (Fsp3) is 0.650. The van der Waals surface area contributed by atoms with E-state index in [4.69, 9.17) is 10.5 Å². The number of guanidine groups is 1. The van der Waals surface area contributed by atoms with E-state index >= 15 is 0 Å². The second-order valence-electron chi connectivity index (χ2n) is 7.62. The molecule has 26 heavy (non-hydrogen) atoms. The predicted molar refractivity (Wildman–Crippen MR) is 120 cm³/mol. The molecular weight excluding hydrogens is 439 g/mol. The summed E-state index contributed by atoms with van der Waals surface area (Å²) in [5, 5.41) is 3.27. The van der Waals surface area contributed by atoms with E-state index in [0.717, 1.165) is 45.0 Å². The predicted octanol–water partition coefficient (Wildman–Crippen LogP) is 3.27. The molecule has 146 valence electrons. The first-order chi connectivity index (χ1) is 12.1. The number of aryl methyl sites for hydroxylation is 2. The van der Waals surface area contributed by atoms with Gasteiger partial charge in [0, 0.05) is 24.8 Å². The van der Waals surface area contributed by atoms with Crippen LogP contribution < -0.4 is 11.1 Å². The maximum atomic E-state index is 6.16. The quantitative estimate of drug-likeness (QED) is 0.379. The number of halogens is 1. The van der Waals surface area contributed by atoms with Crippen LogP contribution in [0.4, 0.5) is 5.69 Å². The minimum atomic E-state index is 0. The van der Waals surface area contributed by atoms with Gasteiger partial charge >= 0.3 is 0 Å². The molecule has 3 rings (SSSR count). The minimum Gasteiger partial charge on any atom is -0.379 e. The van der Waals surface area contributed by atoms with Gasteiger partial charge in [0.25, 0.3) is 0 Å². The molecule has 0 amide bonds. The Hall–Kier alpha value is -0.860. The van der Waals surface area contributed by atoms with Crippen molar-refractivity contribution >= 4 is 35.6 Å². The Labute approximate surface area is 174 Å². The van der Waals surface area contributed by atoms with E-state index in [-0.39, 0.29) is 24.0 Å². The van der Waals surface area contributed by atoms with Crippen LogP contribution in [0.2, 0.25) is 0 Å². The fourth-order valence-electron chi connectivity index (χ4n) is 3.87. The highest BCUT2D eigenvalue weighted by Gasteiger charge is 2.21. The average molecular weight is 472 g/mol. The van der Waals surface area contributed by atoms with Crippen molar-refractivity contribution in [3.05, 3.63) is 29.3 Å². The van der Waals surface area contributed by atoms with Gasteiger partial charge in [-0.2, -0.15) is 0 Å². The molecule has 5 nitrogen and oxygen atoms in total. The van der Waals surface area contributed by atoms with Crippen LogP contribution in [-0.2, 0) is 17.6 Å². The number of hydrogen-bond acceptors (Lipinski definition) is 3. The van der Waals surface area contributed by atoms with Crippen LogP contribution in [0.5, 0.6) is 0 Å². The van der Waals surface area contributed by atoms with Crippen LogP contribution in [0.1, 0.15) is 37.8 Å². The Bertz CT molecular complexity index is 599. The van der Waals surface area contributed by atoms with Gasteiger partial charge in [-0.15, -0.1) is 24.0 Å². The van der Waals surface area contributed by atoms with Gasteiger partial charge in [-0.05, 0) is 54.9 Å². The van der Waals surface area contributed by atoms with Gasteiger partial charge in [0.05, 0.1) is 19.8 Å². The molecular formula is C20H33IN4O. The highest BCUT2D eigenvalue weighted by atomic mass is 127. The number of rotatable bonds is 6. The fourth-order valence-corrected chi connectivity index (χ4v) is 3.87. The molecule has 6 heteroatoms. The molecule has 1 aromatic rings. The molecule has 0 radical (unpaired) electrons. The molecule has 0 bridgehead atoms. The van der Waals surface area contributed by atoms with Crippen molar-refractivity contribution in [2.45, 2.75) is 45.6 Å². The van der Waals surface area contributed by atoms with Crippen LogP contribution in [-0.4, -0.2) is 49.7 Å². The number of morpholine rings is 1. The third kappa shape index (κ3) is 6.09. The molecule has 3 N–H and O–H groups in total. The maximum absolute atomic E-state index is 6.16. The standard InChI is InChI=1S/C20H32N4O.HI/c1-15(2)12-19(24-8-10-25-11-9-24)14-22-20(21)23-18-7-6-16-4-3-5-17(16)13-18;/h6-7,13,15,19H,3-5,8-12,14H2,1-2H3,(H3,21,22,23);1H. The zero-order valence-corrected chi connectivity index (χ0v) is 18.4. The van der Waals surface area contributed by atoms with Crippen molar-refractivity contribution in [1.29, 1.82) is 0 Å². The van der Waals surface area contributed by atoms with Gasteiger partial charge in [-0.25, -0.2) is 0 Å². The van der Waals surface area contributed by atoms with Gasteiger partial charge < -0.3 is 15.8 Å². The third-order valence-corrected chi connectivity index (χ3v) is 5.15. The van der Waals surface area contributed by atoms with Gasteiger partial charge in [0.2, 0.25) is 0 Å². The number of benzene rings is 1. The summed E-state index contributed by atoms with van der Waals surface area (Å²) in [6.07, 6.45) is 4.78. The average Bonchev–Trinajstić information content (AvgIpc) is 3.07. The Morgan fingerprint density at radius 1 is 1.23 bits per heavy atom. The summed E-state index contributed by atoms with van der Waals surface area (Å²) in [6, 6.07) is 6.98. The van der Waals surface area contributed by atoms with Gasteiger partial charge in [0.15, 0.2) is 5.96 Å². The molecule has 0 saturated carbocycles. The number of hydrogen-bond donors (Lipinski definition) is 2. The number of anilines is 1. The molecule has 2 aliphatic rings. The number of aliphatic imine (C=N–C) groups is 1. The van der Waals surface area contributed by atoms with Crippen molar-refractivity contribution in [3.8, 4) is 0 Å². The molecule has 1 heterocycles. The van der Waals surface area contributed by atoms with Crippen LogP contribution in [0, 0.1) is 5.92 Å². The topological polar surface area (TPSA) is 62.9 Å². The van der Waals surface area contributed by atoms with Crippen molar-refractivity contribution in [3.63, 3.8) is 0 Å². The SMILES string of the molecule is CC(C)CC(CN=C(N)Nc1ccc2c(c1)CCC2)N1CCOCC1.I. The number of ether oxygens (including phenoxy) is 1. The number of nitrogens with one attached hydrogen (secondary N) is 1. The maximum Gasteiger partial charge on any atom is 0.193 e. The van der Waals surface area contributed by atoms with E-state index in [1.54, 1.807) is 0 Å². The largest absolute Gasteiger partial charge is 0.379 e. The third-order valence-electron chi connectivity index (χ3n) is 5.15. The number of fused-ring (bicyclic) bond motifs is 1. The Balaban J connectivity index is 0.00000243. The van der Waals surface area contributed by atoms with E-state index in [1.165, 1.54) is 30.4 Å². The molecule has 1 saturated heterocycles. The first kappa shape index (κ1) is 21.4. The number of nitrogens with two attached hydrogens (primary N) is 1. The van der Waals surface area contributed by atoms with Gasteiger partial charge in [-0.1, -0.05) is 19.9 Å². The van der Waals surface area contributed by atoms with Gasteiger partial charge in [0.1, 0.15) is 0 Å². The first-order valence-corrected chi connectivity index (χ1v) is 9.62. The zero-order valence-electron chi connectivity index (χ0n) is 16.0. The molecule has 1 fully saturated rings. The van der Waals surface area contributed by atoms with E-state index in [1.807, 2.05) is 0 Å². The van der Waals surface area contributed by atoms with Crippen LogP contribution >= 0.6 is 24.0 Å². The first-order valence-electron chi connectivity index (χ1n) is 9.62. The second kappa shape index (κ2) is 10.5. The molecule has 1 unspecified atom stereocenters. The van der Waals surface area contributed by atoms with Crippen molar-refractivity contribution < 1.29 is 4.74 Å². The highest BCUT2D eigenvalue weighted by molar-refractivity contribution is 14.0. The van der Waals surface area contributed by atoms with Crippen molar-refractivity contribution in [2.24, 2.45) is 16.6 Å². The summed E-state index contributed by atoms with van der Waals surface area (Å²) in [7, 11) is 0. The van der Waals surface area contributed by atoms with E-state index in [2.05, 4.69) is 47.3 Å². The minimum absolute atomic E-state index is 0. The van der Waals surface area contributed by atoms with Crippen molar-refractivity contribution in [1.82, 2.24) is 4.90 Å². The summed E-state index contributed by atoms with van der Waals surface area (Å²) in [6.45, 7) is 8.90.